The molecule has 0 saturated carbocycles. The van der Waals surface area contributed by atoms with Gasteiger partial charge >= 0.3 is 0 Å². The number of para-hydroxylation sites is 2. The molecule has 0 atom stereocenters. The van der Waals surface area contributed by atoms with Crippen LogP contribution in [0.1, 0.15) is 0 Å². The zero-order chi connectivity index (χ0) is 30.5. The molecule has 1 heterocycles. The van der Waals surface area contributed by atoms with Gasteiger partial charge in [0.25, 0.3) is 0 Å². The van der Waals surface area contributed by atoms with E-state index in [9.17, 15) is 0 Å². The number of hydrogen-bond donors (Lipinski definition) is 0. The second-order valence-corrected chi connectivity index (χ2v) is 11.8. The van der Waals surface area contributed by atoms with Crippen molar-refractivity contribution in [2.75, 3.05) is 4.90 Å². The van der Waals surface area contributed by atoms with Crippen LogP contribution in [0.4, 0.5) is 17.1 Å². The van der Waals surface area contributed by atoms with Crippen molar-refractivity contribution in [1.29, 1.82) is 0 Å². The van der Waals surface area contributed by atoms with Crippen molar-refractivity contribution in [2.45, 2.75) is 0 Å². The van der Waals surface area contributed by atoms with Crippen molar-refractivity contribution in [3.63, 3.8) is 0 Å². The van der Waals surface area contributed by atoms with Gasteiger partial charge in [0, 0.05) is 33.2 Å². The summed E-state index contributed by atoms with van der Waals surface area (Å²) < 4.78 is 2.49. The average Bonchev–Trinajstić information content (AvgIpc) is 3.48. The maximum Gasteiger partial charge on any atom is 0.0640 e. The fourth-order valence-corrected chi connectivity index (χ4v) is 7.01. The highest BCUT2D eigenvalue weighted by Crippen LogP contribution is 2.47. The van der Waals surface area contributed by atoms with Crippen LogP contribution in [0.2, 0.25) is 0 Å². The summed E-state index contributed by atoms with van der Waals surface area (Å²) in [6.45, 7) is 0. The van der Waals surface area contributed by atoms with Gasteiger partial charge in [-0.2, -0.15) is 0 Å². The van der Waals surface area contributed by atoms with E-state index in [-0.39, 0.29) is 0 Å². The van der Waals surface area contributed by atoms with E-state index in [1.807, 2.05) is 0 Å². The largest absolute Gasteiger partial charge is 0.310 e. The van der Waals surface area contributed by atoms with E-state index in [0.29, 0.717) is 0 Å². The summed E-state index contributed by atoms with van der Waals surface area (Å²) in [4.78, 5) is 2.41. The standard InChI is InChI=1S/C44H30N2/c1-4-14-31(15-5-1)34-25-27-40-41(29-34)46(38-26-24-32-16-10-11-17-33(32)28-38)44-39-23-13-12-18-35(39)30-42(43(40)44)45(36-19-6-2-7-20-36)37-21-8-3-9-22-37/h1-30H. The Bertz CT molecular complexity index is 2470. The average molecular weight is 587 g/mol. The van der Waals surface area contributed by atoms with Crippen molar-refractivity contribution in [3.05, 3.63) is 182 Å². The van der Waals surface area contributed by atoms with E-state index in [0.717, 1.165) is 22.7 Å². The predicted octanol–water partition coefficient (Wildman–Crippen LogP) is 12.2. The fraction of sp³-hybridized carbons (Fsp3) is 0. The van der Waals surface area contributed by atoms with Crippen LogP contribution in [0.25, 0.3) is 60.2 Å². The Morgan fingerprint density at radius 2 is 1.00 bits per heavy atom. The molecule has 0 amide bonds. The number of aromatic nitrogens is 1. The molecule has 46 heavy (non-hydrogen) atoms. The van der Waals surface area contributed by atoms with Crippen LogP contribution in [-0.2, 0) is 0 Å². The second kappa shape index (κ2) is 10.8. The van der Waals surface area contributed by atoms with Gasteiger partial charge < -0.3 is 9.47 Å². The Morgan fingerprint density at radius 3 is 1.72 bits per heavy atom. The summed E-state index contributed by atoms with van der Waals surface area (Å²) in [6.07, 6.45) is 0. The quantitative estimate of drug-likeness (QED) is 0.195. The number of anilines is 3. The molecule has 0 N–H and O–H groups in total. The van der Waals surface area contributed by atoms with Crippen LogP contribution in [-0.4, -0.2) is 4.57 Å². The summed E-state index contributed by atoms with van der Waals surface area (Å²) >= 11 is 0. The van der Waals surface area contributed by atoms with Gasteiger partial charge in [0.1, 0.15) is 0 Å². The molecule has 216 valence electrons. The monoisotopic (exact) mass is 586 g/mol. The molecule has 1 aromatic heterocycles. The van der Waals surface area contributed by atoms with E-state index < -0.39 is 0 Å². The summed E-state index contributed by atoms with van der Waals surface area (Å²) in [5, 5.41) is 7.35. The van der Waals surface area contributed by atoms with Gasteiger partial charge in [-0.05, 0) is 75.8 Å². The number of hydrogen-bond acceptors (Lipinski definition) is 1. The first kappa shape index (κ1) is 26.3. The number of nitrogens with zero attached hydrogens (tertiary/aromatic N) is 2. The third-order valence-electron chi connectivity index (χ3n) is 9.10. The van der Waals surface area contributed by atoms with E-state index in [4.69, 9.17) is 0 Å². The topological polar surface area (TPSA) is 8.17 Å². The summed E-state index contributed by atoms with van der Waals surface area (Å²) in [7, 11) is 0. The molecule has 0 aliphatic heterocycles. The van der Waals surface area contributed by atoms with Gasteiger partial charge in [0.15, 0.2) is 0 Å². The number of benzene rings is 8. The highest BCUT2D eigenvalue weighted by Gasteiger charge is 2.23. The molecule has 9 rings (SSSR count). The first-order valence-electron chi connectivity index (χ1n) is 15.8. The highest BCUT2D eigenvalue weighted by molar-refractivity contribution is 6.25. The van der Waals surface area contributed by atoms with E-state index in [1.165, 1.54) is 54.5 Å². The molecule has 0 aliphatic rings. The van der Waals surface area contributed by atoms with Gasteiger partial charge in [-0.3, -0.25) is 0 Å². The molecule has 0 radical (unpaired) electrons. The number of fused-ring (bicyclic) bond motifs is 6. The lowest BCUT2D eigenvalue weighted by Crippen LogP contribution is -2.10. The molecular formula is C44H30N2. The molecule has 0 bridgehead atoms. The lowest BCUT2D eigenvalue weighted by Gasteiger charge is -2.27. The zero-order valence-corrected chi connectivity index (χ0v) is 25.2. The molecule has 0 spiro atoms. The molecule has 0 aliphatic carbocycles. The van der Waals surface area contributed by atoms with Gasteiger partial charge in [-0.25, -0.2) is 0 Å². The van der Waals surface area contributed by atoms with E-state index in [1.54, 1.807) is 0 Å². The van der Waals surface area contributed by atoms with Crippen LogP contribution in [0.3, 0.4) is 0 Å². The van der Waals surface area contributed by atoms with E-state index >= 15 is 0 Å². The predicted molar refractivity (Wildman–Crippen MR) is 196 cm³/mol. The molecular weight excluding hydrogens is 556 g/mol. The SMILES string of the molecule is c1ccc(-c2ccc3c4c(N(c5ccccc5)c5ccccc5)cc5ccccc5c4n(-c4ccc5ccccc5c4)c3c2)cc1. The fourth-order valence-electron chi connectivity index (χ4n) is 7.01. The molecule has 0 fully saturated rings. The summed E-state index contributed by atoms with van der Waals surface area (Å²) in [5.41, 5.74) is 9.36. The van der Waals surface area contributed by atoms with Crippen molar-refractivity contribution in [2.24, 2.45) is 0 Å². The number of rotatable bonds is 5. The van der Waals surface area contributed by atoms with Crippen molar-refractivity contribution < 1.29 is 0 Å². The molecule has 2 nitrogen and oxygen atoms in total. The van der Waals surface area contributed by atoms with Crippen LogP contribution < -0.4 is 4.90 Å². The third kappa shape index (κ3) is 4.27. The van der Waals surface area contributed by atoms with Crippen LogP contribution in [0.15, 0.2) is 182 Å². The van der Waals surface area contributed by atoms with Crippen LogP contribution >= 0.6 is 0 Å². The highest BCUT2D eigenvalue weighted by atomic mass is 15.1. The van der Waals surface area contributed by atoms with Gasteiger partial charge in [-0.15, -0.1) is 0 Å². The van der Waals surface area contributed by atoms with E-state index in [2.05, 4.69) is 191 Å². The van der Waals surface area contributed by atoms with Gasteiger partial charge in [0.2, 0.25) is 0 Å². The minimum Gasteiger partial charge on any atom is -0.310 e. The molecule has 0 unspecified atom stereocenters. The Kier molecular flexibility index (Phi) is 6.17. The third-order valence-corrected chi connectivity index (χ3v) is 9.10. The zero-order valence-electron chi connectivity index (χ0n) is 25.2. The van der Waals surface area contributed by atoms with Crippen molar-refractivity contribution >= 4 is 60.4 Å². The van der Waals surface area contributed by atoms with Crippen LogP contribution in [0.5, 0.6) is 0 Å². The maximum absolute atomic E-state index is 2.49. The van der Waals surface area contributed by atoms with Gasteiger partial charge in [0.05, 0.1) is 16.7 Å². The van der Waals surface area contributed by atoms with Crippen molar-refractivity contribution in [1.82, 2.24) is 4.57 Å². The van der Waals surface area contributed by atoms with Crippen LogP contribution in [0, 0.1) is 0 Å². The van der Waals surface area contributed by atoms with Gasteiger partial charge in [-0.1, -0.05) is 133 Å². The van der Waals surface area contributed by atoms with Crippen molar-refractivity contribution in [3.8, 4) is 16.8 Å². The lowest BCUT2D eigenvalue weighted by atomic mass is 10.00. The molecule has 8 aromatic carbocycles. The molecule has 2 heteroatoms. The first-order chi connectivity index (χ1) is 22.8. The second-order valence-electron chi connectivity index (χ2n) is 11.8. The minimum atomic E-state index is 1.12. The normalized spacial score (nSPS) is 11.5. The molecule has 9 aromatic rings. The Balaban J connectivity index is 1.47. The Labute approximate surface area is 268 Å². The Morgan fingerprint density at radius 1 is 0.391 bits per heavy atom. The molecule has 0 saturated heterocycles. The maximum atomic E-state index is 2.49. The Hall–Kier alpha value is -6.12. The lowest BCUT2D eigenvalue weighted by molar-refractivity contribution is 1.19. The summed E-state index contributed by atoms with van der Waals surface area (Å²) in [5.74, 6) is 0. The summed E-state index contributed by atoms with van der Waals surface area (Å²) in [6, 6.07) is 65.7. The smallest absolute Gasteiger partial charge is 0.0640 e. The minimum absolute atomic E-state index is 1.12. The first-order valence-corrected chi connectivity index (χ1v) is 15.8.